The molecular formula is C67H100N8O12. The number of nitrogens with zero attached hydrogens (tertiary/aromatic N) is 4. The van der Waals surface area contributed by atoms with Crippen LogP contribution < -0.4 is 21.3 Å². The summed E-state index contributed by atoms with van der Waals surface area (Å²) in [6.07, 6.45) is 4.36. The Balaban J connectivity index is 1.14. The van der Waals surface area contributed by atoms with Gasteiger partial charge in [-0.15, -0.1) is 0 Å². The van der Waals surface area contributed by atoms with Gasteiger partial charge in [-0.1, -0.05) is 90.1 Å². The third-order valence-electron chi connectivity index (χ3n) is 17.3. The molecule has 2 saturated heterocycles. The van der Waals surface area contributed by atoms with E-state index >= 15 is 0 Å². The highest BCUT2D eigenvalue weighted by Crippen LogP contribution is 2.36. The Kier molecular flexibility index (Phi) is 22.7. The predicted octanol–water partition coefficient (Wildman–Crippen LogP) is 8.47. The maximum absolute atomic E-state index is 15.0. The molecule has 2 aliphatic carbocycles. The Morgan fingerprint density at radius 1 is 0.540 bits per heavy atom. The van der Waals surface area contributed by atoms with Crippen LogP contribution in [0.1, 0.15) is 202 Å². The van der Waals surface area contributed by atoms with Crippen molar-refractivity contribution >= 4 is 59.2 Å². The van der Waals surface area contributed by atoms with E-state index in [0.29, 0.717) is 12.8 Å². The second kappa shape index (κ2) is 28.5. The zero-order valence-electron chi connectivity index (χ0n) is 54.7. The smallest absolute Gasteiger partial charge is 0.410 e. The monoisotopic (exact) mass is 1210 g/mol. The summed E-state index contributed by atoms with van der Waals surface area (Å²) in [6, 6.07) is 9.19. The number of Topliss-reactive ketones (excluding diaryl/α,β-unsaturated/α-hetero) is 2. The number of aryl methyl sites for hydroxylation is 2. The van der Waals surface area contributed by atoms with Gasteiger partial charge >= 0.3 is 12.2 Å². The summed E-state index contributed by atoms with van der Waals surface area (Å²) in [5.74, 6) is -3.97. The van der Waals surface area contributed by atoms with Crippen LogP contribution in [0.3, 0.4) is 0 Å². The van der Waals surface area contributed by atoms with E-state index in [1.54, 1.807) is 55.4 Å². The van der Waals surface area contributed by atoms with Crippen molar-refractivity contribution in [1.82, 2.24) is 40.9 Å². The molecule has 20 heteroatoms. The van der Waals surface area contributed by atoms with Gasteiger partial charge in [-0.2, -0.15) is 0 Å². The largest absolute Gasteiger partial charge is 0.444 e. The van der Waals surface area contributed by atoms with Gasteiger partial charge in [0.25, 0.3) is 0 Å². The van der Waals surface area contributed by atoms with Crippen molar-refractivity contribution in [1.29, 1.82) is 0 Å². The van der Waals surface area contributed by atoms with Gasteiger partial charge < -0.3 is 40.5 Å². The fraction of sp³-hybridized carbons (Fsp3) is 0.672. The number of carbonyl (C=O) groups excluding carboxylic acids is 10. The molecule has 87 heavy (non-hydrogen) atoms. The molecule has 0 aromatic heterocycles. The van der Waals surface area contributed by atoms with Crippen LogP contribution >= 0.6 is 0 Å². The van der Waals surface area contributed by atoms with Gasteiger partial charge in [0.2, 0.25) is 35.4 Å². The summed E-state index contributed by atoms with van der Waals surface area (Å²) in [5, 5.41) is 12.3. The number of ether oxygens (including phenoxy) is 2. The molecule has 2 heterocycles. The Bertz CT molecular complexity index is 2670. The molecule has 0 spiro atoms. The SMILES string of the molecule is C[C@@H](C(=O)N[C@H](C(=O)N1C[C@@H](CC(=O)CCCC(=O)C[C@H]2C[C@@H](C(=O)N[C@@H]3CCCc4ccccc43)N(C(=O)[C@@H](NC(=O)[C@H](C)N(C)C(=O)OC(C)(C)C)C(C)(C)C)C2)C[C@H]1C(=O)N[C@@H]1CCCc2ccccc21)C(C)(C)C)N(C)C(=O)OC(C)(C)C. The molecule has 2 fully saturated rings. The minimum absolute atomic E-state index is 0.0434. The lowest BCUT2D eigenvalue weighted by molar-refractivity contribution is -0.144. The second-order valence-electron chi connectivity index (χ2n) is 29.0. The van der Waals surface area contributed by atoms with Crippen molar-refractivity contribution in [2.45, 2.75) is 240 Å². The van der Waals surface area contributed by atoms with E-state index in [1.165, 1.54) is 33.7 Å². The number of fused-ring (bicyclic) bond motifs is 2. The van der Waals surface area contributed by atoms with E-state index in [9.17, 15) is 47.9 Å². The number of hydrogen-bond donors (Lipinski definition) is 4. The van der Waals surface area contributed by atoms with Crippen molar-refractivity contribution in [3.05, 3.63) is 70.8 Å². The number of benzene rings is 2. The molecule has 2 aromatic carbocycles. The molecule has 480 valence electrons. The Morgan fingerprint density at radius 2 is 0.885 bits per heavy atom. The Morgan fingerprint density at radius 3 is 1.22 bits per heavy atom. The minimum atomic E-state index is -1.12. The van der Waals surface area contributed by atoms with Crippen molar-refractivity contribution in [2.24, 2.45) is 22.7 Å². The molecule has 6 rings (SSSR count). The van der Waals surface area contributed by atoms with Crippen LogP contribution in [0.25, 0.3) is 0 Å². The van der Waals surface area contributed by atoms with Crippen molar-refractivity contribution in [3.8, 4) is 0 Å². The fourth-order valence-corrected chi connectivity index (χ4v) is 12.3. The third-order valence-corrected chi connectivity index (χ3v) is 17.3. The molecule has 2 aliphatic heterocycles. The van der Waals surface area contributed by atoms with Crippen LogP contribution in [0.5, 0.6) is 0 Å². The number of likely N-dealkylation sites (tertiary alicyclic amines) is 2. The summed E-state index contributed by atoms with van der Waals surface area (Å²) >= 11 is 0. The van der Waals surface area contributed by atoms with E-state index in [2.05, 4.69) is 33.4 Å². The quantitative estimate of drug-likeness (QED) is 0.0975. The molecule has 20 nitrogen and oxygen atoms in total. The number of amides is 8. The Labute approximate surface area is 516 Å². The second-order valence-corrected chi connectivity index (χ2v) is 29.0. The third kappa shape index (κ3) is 18.6. The van der Waals surface area contributed by atoms with Gasteiger partial charge in [0, 0.05) is 52.9 Å². The topological polar surface area (TPSA) is 250 Å². The average Bonchev–Trinajstić information content (AvgIpc) is 1.99. The average molecular weight is 1210 g/mol. The zero-order valence-corrected chi connectivity index (χ0v) is 54.7. The number of hydrogen-bond acceptors (Lipinski definition) is 12. The molecule has 8 amide bonds. The lowest BCUT2D eigenvalue weighted by Crippen LogP contribution is -2.60. The van der Waals surface area contributed by atoms with Crippen molar-refractivity contribution < 1.29 is 57.4 Å². The molecule has 4 aliphatic rings. The maximum atomic E-state index is 15.0. The predicted molar refractivity (Wildman–Crippen MR) is 331 cm³/mol. The maximum Gasteiger partial charge on any atom is 0.410 e. The van der Waals surface area contributed by atoms with E-state index in [0.717, 1.165) is 47.9 Å². The first kappa shape index (κ1) is 69.2. The molecule has 4 N–H and O–H groups in total. The van der Waals surface area contributed by atoms with Gasteiger partial charge in [0.1, 0.15) is 59.0 Å². The van der Waals surface area contributed by atoms with Gasteiger partial charge in [-0.3, -0.25) is 48.2 Å². The summed E-state index contributed by atoms with van der Waals surface area (Å²) in [7, 11) is 2.90. The lowest BCUT2D eigenvalue weighted by Gasteiger charge is -2.37. The first-order chi connectivity index (χ1) is 40.4. The molecule has 0 saturated carbocycles. The number of carbonyl (C=O) groups is 10. The van der Waals surface area contributed by atoms with E-state index in [1.807, 2.05) is 77.9 Å². The van der Waals surface area contributed by atoms with Crippen molar-refractivity contribution in [3.63, 3.8) is 0 Å². The van der Waals surface area contributed by atoms with Crippen LogP contribution in [0.4, 0.5) is 9.59 Å². The number of rotatable bonds is 20. The summed E-state index contributed by atoms with van der Waals surface area (Å²) in [5.41, 5.74) is 1.02. The van der Waals surface area contributed by atoms with Crippen LogP contribution in [0.15, 0.2) is 48.5 Å². The summed E-state index contributed by atoms with van der Waals surface area (Å²) in [6.45, 7) is 24.4. The van der Waals surface area contributed by atoms with Crippen LogP contribution in [-0.4, -0.2) is 153 Å². The molecule has 0 unspecified atom stereocenters. The van der Waals surface area contributed by atoms with E-state index in [4.69, 9.17) is 9.47 Å². The van der Waals surface area contributed by atoms with Gasteiger partial charge in [-0.05, 0) is 158 Å². The number of ketones is 2. The first-order valence-corrected chi connectivity index (χ1v) is 31.4. The standard InChI is InChI=1S/C67H100N8O12/c1-40(72(15)62(84)86-66(9,10)11)56(78)70-54(64(3,4)5)60(82)74-38-42(36-52(74)58(80)68-50-32-21-26-44-24-17-19-30-48(44)50)34-46(76)28-23-29-47(77)35-43-37-53(59(81)69-51-33-22-27-45-25-18-20-31-49(45)51)75(39-43)61(83)55(65(6,7)8)71-57(79)41(2)73(16)63(85)87-67(12,13)14/h17-20,24-25,30-31,40-43,50-55H,21-23,26-29,32-39H2,1-16H3,(H,68,80)(H,69,81)(H,70,78)(H,71,79)/t40-,41-,42-,43-,50+,51+,52-,53-,54+,55+/m0/s1. The van der Waals surface area contributed by atoms with Crippen LogP contribution in [0.2, 0.25) is 0 Å². The minimum Gasteiger partial charge on any atom is -0.444 e. The highest BCUT2D eigenvalue weighted by molar-refractivity contribution is 5.96. The zero-order chi connectivity index (χ0) is 64.7. The Hall–Kier alpha value is -6.86. The molecule has 2 aromatic rings. The fourth-order valence-electron chi connectivity index (χ4n) is 12.3. The van der Waals surface area contributed by atoms with Gasteiger partial charge in [0.05, 0.1) is 12.1 Å². The van der Waals surface area contributed by atoms with Crippen molar-refractivity contribution in [2.75, 3.05) is 27.2 Å². The molecule has 0 radical (unpaired) electrons. The van der Waals surface area contributed by atoms with Crippen LogP contribution in [-0.2, 0) is 60.7 Å². The summed E-state index contributed by atoms with van der Waals surface area (Å²) < 4.78 is 11.0. The number of likely N-dealkylation sites (N-methyl/N-ethyl adjacent to an activating group) is 2. The first-order valence-electron chi connectivity index (χ1n) is 31.4. The molecule has 0 bridgehead atoms. The molecular weight excluding hydrogens is 1110 g/mol. The van der Waals surface area contributed by atoms with E-state index < -0.39 is 106 Å². The van der Waals surface area contributed by atoms with Gasteiger partial charge in [0.15, 0.2) is 0 Å². The van der Waals surface area contributed by atoms with Crippen LogP contribution in [0, 0.1) is 22.7 Å². The lowest BCUT2D eigenvalue weighted by atomic mass is 9.85. The highest BCUT2D eigenvalue weighted by Gasteiger charge is 2.48. The normalized spacial score (nSPS) is 21.8. The van der Waals surface area contributed by atoms with Gasteiger partial charge in [-0.25, -0.2) is 9.59 Å². The molecule has 10 atom stereocenters. The number of nitrogens with one attached hydrogen (secondary N) is 4. The van der Waals surface area contributed by atoms with E-state index in [-0.39, 0.29) is 93.5 Å². The summed E-state index contributed by atoms with van der Waals surface area (Å²) in [4.78, 5) is 146. The highest BCUT2D eigenvalue weighted by atomic mass is 16.6.